The third-order valence-electron chi connectivity index (χ3n) is 5.19. The Labute approximate surface area is 177 Å². The van der Waals surface area contributed by atoms with Crippen molar-refractivity contribution in [2.75, 3.05) is 36.5 Å². The minimum atomic E-state index is -0.705. The Morgan fingerprint density at radius 2 is 1.85 bits per heavy atom. The van der Waals surface area contributed by atoms with E-state index in [1.807, 2.05) is 18.9 Å². The number of benzene rings is 1. The van der Waals surface area contributed by atoms with Gasteiger partial charge in [0.15, 0.2) is 11.6 Å². The number of halogens is 4. The maximum atomic E-state index is 15.1. The summed E-state index contributed by atoms with van der Waals surface area (Å²) in [4.78, 5) is 20.6. The minimum Gasteiger partial charge on any atom is -0.369 e. The first-order valence-electron chi connectivity index (χ1n) is 8.23. The van der Waals surface area contributed by atoms with Gasteiger partial charge >= 0.3 is 5.69 Å². The summed E-state index contributed by atoms with van der Waals surface area (Å²) in [7, 11) is 1.81. The van der Waals surface area contributed by atoms with E-state index in [4.69, 9.17) is 0 Å². The van der Waals surface area contributed by atoms with Crippen LogP contribution >= 0.6 is 45.7 Å². The standard InChI is InChI=1S/C16H17F2I2N5O/c1-7-4-23(19)6-9-5-22(3)13-10-14(12(18)8(2)11(13)17)25(20)16(26)21-15(10)24(7)9/h7,9H,4-6H2,1-3H3. The lowest BCUT2D eigenvalue weighted by molar-refractivity contribution is 0.335. The van der Waals surface area contributed by atoms with Crippen molar-refractivity contribution in [3.63, 3.8) is 0 Å². The van der Waals surface area contributed by atoms with Crippen molar-refractivity contribution in [2.24, 2.45) is 0 Å². The third-order valence-corrected chi connectivity index (χ3v) is 6.87. The summed E-state index contributed by atoms with van der Waals surface area (Å²) in [5.41, 5.74) is -0.208. The molecule has 2 aliphatic rings. The van der Waals surface area contributed by atoms with Crippen LogP contribution in [0.15, 0.2) is 4.79 Å². The molecular weight excluding hydrogens is 570 g/mol. The number of rotatable bonds is 0. The van der Waals surface area contributed by atoms with Gasteiger partial charge in [0, 0.05) is 61.2 Å². The van der Waals surface area contributed by atoms with Crippen molar-refractivity contribution in [1.82, 2.24) is 10.9 Å². The molecule has 140 valence electrons. The Bertz CT molecular complexity index is 982. The fourth-order valence-corrected chi connectivity index (χ4v) is 5.66. The minimum absolute atomic E-state index is 0.0241. The molecule has 26 heavy (non-hydrogen) atoms. The number of hydrogen-bond acceptors (Lipinski definition) is 5. The van der Waals surface area contributed by atoms with E-state index in [1.54, 1.807) is 22.9 Å². The quantitative estimate of drug-likeness (QED) is 0.351. The zero-order chi connectivity index (χ0) is 18.9. The van der Waals surface area contributed by atoms with E-state index in [9.17, 15) is 9.18 Å². The first-order chi connectivity index (χ1) is 12.2. The normalized spacial score (nSPS) is 23.3. The SMILES string of the molecule is Cc1c(F)c2c3c(nc(=O)n(I)c3c1F)N1C(C)CN(I)CC1CN2C. The van der Waals surface area contributed by atoms with Crippen molar-refractivity contribution in [2.45, 2.75) is 25.9 Å². The van der Waals surface area contributed by atoms with Crippen molar-refractivity contribution in [3.05, 3.63) is 27.7 Å². The molecule has 2 unspecified atom stereocenters. The summed E-state index contributed by atoms with van der Waals surface area (Å²) in [6.45, 7) is 5.55. The van der Waals surface area contributed by atoms with Gasteiger partial charge in [-0.15, -0.1) is 0 Å². The lowest BCUT2D eigenvalue weighted by atomic mass is 10.1. The Morgan fingerprint density at radius 3 is 2.54 bits per heavy atom. The first kappa shape index (κ1) is 18.6. The highest BCUT2D eigenvalue weighted by Gasteiger charge is 2.39. The van der Waals surface area contributed by atoms with Gasteiger partial charge in [-0.25, -0.2) is 19.5 Å². The number of piperazine rings is 1. The molecule has 0 bridgehead atoms. The number of nitrogens with zero attached hydrogens (tertiary/aromatic N) is 5. The number of fused-ring (bicyclic) bond motifs is 2. The van der Waals surface area contributed by atoms with Crippen LogP contribution in [0, 0.1) is 18.6 Å². The molecule has 2 aliphatic heterocycles. The fourth-order valence-electron chi connectivity index (χ4n) is 4.07. The second kappa shape index (κ2) is 6.40. The predicted octanol–water partition coefficient (Wildman–Crippen LogP) is 2.86. The molecule has 2 aromatic rings. The first-order valence-corrected chi connectivity index (χ1v) is 10.2. The lowest BCUT2D eigenvalue weighted by Gasteiger charge is -2.44. The summed E-state index contributed by atoms with van der Waals surface area (Å²) >= 11 is 4.02. The Kier molecular flexibility index (Phi) is 4.58. The molecule has 3 heterocycles. The third kappa shape index (κ3) is 2.54. The van der Waals surface area contributed by atoms with Crippen LogP contribution in [0.2, 0.25) is 0 Å². The second-order valence-electron chi connectivity index (χ2n) is 6.94. The van der Waals surface area contributed by atoms with Gasteiger partial charge in [0.2, 0.25) is 0 Å². The lowest BCUT2D eigenvalue weighted by Crippen LogP contribution is -2.58. The highest BCUT2D eigenvalue weighted by molar-refractivity contribution is 14.1. The van der Waals surface area contributed by atoms with Crippen LogP contribution in [-0.4, -0.2) is 49.6 Å². The van der Waals surface area contributed by atoms with Gasteiger partial charge in [-0.05, 0) is 13.8 Å². The van der Waals surface area contributed by atoms with Crippen LogP contribution < -0.4 is 15.5 Å². The molecule has 6 nitrogen and oxygen atoms in total. The summed E-state index contributed by atoms with van der Waals surface area (Å²) in [5, 5.41) is 0.373. The van der Waals surface area contributed by atoms with Crippen LogP contribution in [0.25, 0.3) is 10.9 Å². The smallest absolute Gasteiger partial charge is 0.359 e. The molecule has 0 aliphatic carbocycles. The van der Waals surface area contributed by atoms with Gasteiger partial charge in [0.25, 0.3) is 0 Å². The van der Waals surface area contributed by atoms with Gasteiger partial charge in [-0.2, -0.15) is 4.98 Å². The van der Waals surface area contributed by atoms with Crippen molar-refractivity contribution in [1.29, 1.82) is 0 Å². The second-order valence-corrected chi connectivity index (χ2v) is 9.27. The zero-order valence-electron chi connectivity index (χ0n) is 14.4. The molecule has 0 amide bonds. The number of anilines is 2. The molecule has 0 radical (unpaired) electrons. The van der Waals surface area contributed by atoms with E-state index >= 15 is 4.39 Å². The molecule has 1 aromatic heterocycles. The van der Waals surface area contributed by atoms with Crippen molar-refractivity contribution in [3.8, 4) is 0 Å². The average molecular weight is 587 g/mol. The molecule has 1 fully saturated rings. The van der Waals surface area contributed by atoms with Crippen LogP contribution in [-0.2, 0) is 0 Å². The highest BCUT2D eigenvalue weighted by Crippen LogP contribution is 2.42. The number of aromatic nitrogens is 2. The molecule has 2 atom stereocenters. The van der Waals surface area contributed by atoms with E-state index in [-0.39, 0.29) is 23.2 Å². The largest absolute Gasteiger partial charge is 0.369 e. The number of hydrogen-bond donors (Lipinski definition) is 0. The van der Waals surface area contributed by atoms with Gasteiger partial charge in [-0.3, -0.25) is 0 Å². The molecule has 0 saturated carbocycles. The molecule has 1 saturated heterocycles. The predicted molar refractivity (Wildman–Crippen MR) is 115 cm³/mol. The van der Waals surface area contributed by atoms with Gasteiger partial charge in [0.05, 0.1) is 40.0 Å². The molecular formula is C16H17F2I2N5O. The van der Waals surface area contributed by atoms with Crippen LogP contribution in [0.1, 0.15) is 12.5 Å². The van der Waals surface area contributed by atoms with E-state index in [1.165, 1.54) is 6.92 Å². The van der Waals surface area contributed by atoms with Crippen molar-refractivity contribution >= 4 is 68.1 Å². The molecule has 0 N–H and O–H groups in total. The van der Waals surface area contributed by atoms with Gasteiger partial charge in [-0.1, -0.05) is 0 Å². The summed E-state index contributed by atoms with van der Waals surface area (Å²) < 4.78 is 33.4. The van der Waals surface area contributed by atoms with Crippen LogP contribution in [0.3, 0.4) is 0 Å². The van der Waals surface area contributed by atoms with E-state index < -0.39 is 17.3 Å². The Hall–Kier alpha value is -0.760. The Balaban J connectivity index is 2.17. The molecule has 0 spiro atoms. The topological polar surface area (TPSA) is 44.6 Å². The summed E-state index contributed by atoms with van der Waals surface area (Å²) in [6.07, 6.45) is 0. The zero-order valence-corrected chi connectivity index (χ0v) is 18.7. The van der Waals surface area contributed by atoms with Crippen molar-refractivity contribution < 1.29 is 8.78 Å². The monoisotopic (exact) mass is 587 g/mol. The molecule has 4 rings (SSSR count). The molecule has 1 aromatic carbocycles. The van der Waals surface area contributed by atoms with Gasteiger partial charge in [0.1, 0.15) is 11.3 Å². The number of likely N-dealkylation sites (N-methyl/N-ethyl adjacent to an activating group) is 1. The maximum Gasteiger partial charge on any atom is 0.359 e. The van der Waals surface area contributed by atoms with Crippen LogP contribution in [0.5, 0.6) is 0 Å². The van der Waals surface area contributed by atoms with Crippen LogP contribution in [0.4, 0.5) is 20.3 Å². The fraction of sp³-hybridized carbons (Fsp3) is 0.500. The summed E-state index contributed by atoms with van der Waals surface area (Å²) in [6, 6.07) is 0.0913. The Morgan fingerprint density at radius 1 is 1.15 bits per heavy atom. The highest BCUT2D eigenvalue weighted by atomic mass is 127. The van der Waals surface area contributed by atoms with E-state index in [0.29, 0.717) is 23.4 Å². The van der Waals surface area contributed by atoms with E-state index in [0.717, 1.165) is 15.9 Å². The summed E-state index contributed by atoms with van der Waals surface area (Å²) in [5.74, 6) is -0.907. The average Bonchev–Trinajstić information content (AvgIpc) is 2.67. The van der Waals surface area contributed by atoms with Gasteiger partial charge < -0.3 is 9.80 Å². The molecule has 10 heteroatoms. The van der Waals surface area contributed by atoms with E-state index in [2.05, 4.69) is 35.9 Å². The maximum absolute atomic E-state index is 15.1.